The third-order valence-electron chi connectivity index (χ3n) is 1.75. The summed E-state index contributed by atoms with van der Waals surface area (Å²) in [5.41, 5.74) is 0. The summed E-state index contributed by atoms with van der Waals surface area (Å²) in [4.78, 5) is 0. The van der Waals surface area contributed by atoms with Gasteiger partial charge >= 0.3 is 0 Å². The molecule has 54 valence electrons. The highest BCUT2D eigenvalue weighted by Gasteiger charge is 1.95. The Hall–Kier alpha value is -0.0400. The minimum atomic E-state index is 1.25. The second-order valence-corrected chi connectivity index (χ2v) is 2.87. The van der Waals surface area contributed by atoms with Gasteiger partial charge in [-0.05, 0) is 0 Å². The second-order valence-electron chi connectivity index (χ2n) is 2.87. The fourth-order valence-corrected chi connectivity index (χ4v) is 1.06. The van der Waals surface area contributed by atoms with Gasteiger partial charge in [0.2, 0.25) is 0 Å². The number of hydrogen-bond donors (Lipinski definition) is 1. The molecule has 0 unspecified atom stereocenters. The average molecular weight is 127 g/mol. The van der Waals surface area contributed by atoms with E-state index in [2.05, 4.69) is 5.32 Å². The smallest absolute Gasteiger partial charge is 0.00772 e. The van der Waals surface area contributed by atoms with Crippen LogP contribution in [0.1, 0.15) is 38.5 Å². The second kappa shape index (κ2) is 4.80. The lowest BCUT2D eigenvalue weighted by Gasteiger charge is -2.05. The van der Waals surface area contributed by atoms with Crippen LogP contribution < -0.4 is 5.32 Å². The van der Waals surface area contributed by atoms with Gasteiger partial charge in [-0.3, -0.25) is 0 Å². The third-order valence-corrected chi connectivity index (χ3v) is 1.75. The predicted octanol–water partition coefficient (Wildman–Crippen LogP) is 1.93. The minimum absolute atomic E-state index is 1.25. The van der Waals surface area contributed by atoms with E-state index in [9.17, 15) is 0 Å². The topological polar surface area (TPSA) is 21.9 Å². The van der Waals surface area contributed by atoms with E-state index >= 15 is 0 Å². The summed E-state index contributed by atoms with van der Waals surface area (Å²) in [5.74, 6) is 0. The fourth-order valence-electron chi connectivity index (χ4n) is 1.06. The molecule has 9 heavy (non-hydrogen) atoms. The summed E-state index contributed by atoms with van der Waals surface area (Å²) in [6.45, 7) is 2.50. The Bertz CT molecular complexity index is 41.3. The molecule has 2 rings (SSSR count). The minimum Gasteiger partial charge on any atom is -0.314 e. The van der Waals surface area contributed by atoms with E-state index in [0.29, 0.717) is 0 Å². The molecular formula is C8H17N. The zero-order chi connectivity index (χ0) is 6.36. The van der Waals surface area contributed by atoms with Crippen molar-refractivity contribution in [1.82, 2.24) is 5.32 Å². The molecule has 0 aromatic carbocycles. The molecule has 1 saturated carbocycles. The molecule has 0 atom stereocenters. The lowest BCUT2D eigenvalue weighted by Crippen LogP contribution is -1.85. The maximum Gasteiger partial charge on any atom is 0.00772 e. The summed E-state index contributed by atoms with van der Waals surface area (Å²) in [7, 11) is 0. The van der Waals surface area contributed by atoms with Crippen molar-refractivity contribution in [3.05, 3.63) is 0 Å². The van der Waals surface area contributed by atoms with Gasteiger partial charge < -0.3 is 5.32 Å². The first-order chi connectivity index (χ1) is 4.50. The summed E-state index contributed by atoms with van der Waals surface area (Å²) in [5, 5.41) is 3.00. The van der Waals surface area contributed by atoms with Crippen LogP contribution in [0.5, 0.6) is 0 Å². The summed E-state index contributed by atoms with van der Waals surface area (Å²) >= 11 is 0. The van der Waals surface area contributed by atoms with Crippen molar-refractivity contribution in [3.8, 4) is 0 Å². The molecule has 0 radical (unpaired) electrons. The van der Waals surface area contributed by atoms with Crippen molar-refractivity contribution in [2.45, 2.75) is 38.5 Å². The van der Waals surface area contributed by atoms with E-state index < -0.39 is 0 Å². The van der Waals surface area contributed by atoms with E-state index in [1.54, 1.807) is 0 Å². The molecule has 1 heterocycles. The van der Waals surface area contributed by atoms with Crippen molar-refractivity contribution in [3.63, 3.8) is 0 Å². The summed E-state index contributed by atoms with van der Waals surface area (Å²) in [6, 6.07) is 0. The Balaban J connectivity index is 0.000000112. The van der Waals surface area contributed by atoms with Crippen LogP contribution in [-0.2, 0) is 0 Å². The molecule has 0 bridgehead atoms. The van der Waals surface area contributed by atoms with Gasteiger partial charge in [0.05, 0.1) is 0 Å². The zero-order valence-electron chi connectivity index (χ0n) is 6.16. The largest absolute Gasteiger partial charge is 0.314 e. The van der Waals surface area contributed by atoms with Crippen molar-refractivity contribution in [2.24, 2.45) is 0 Å². The quantitative estimate of drug-likeness (QED) is 0.493. The molecule has 1 aliphatic carbocycles. The highest BCUT2D eigenvalue weighted by atomic mass is 15.0. The van der Waals surface area contributed by atoms with E-state index in [0.717, 1.165) is 0 Å². The van der Waals surface area contributed by atoms with Crippen molar-refractivity contribution < 1.29 is 0 Å². The molecule has 2 aliphatic rings. The van der Waals surface area contributed by atoms with E-state index in [-0.39, 0.29) is 0 Å². The summed E-state index contributed by atoms with van der Waals surface area (Å²) < 4.78 is 0. The van der Waals surface area contributed by atoms with Crippen LogP contribution in [-0.4, -0.2) is 13.1 Å². The number of rotatable bonds is 0. The van der Waals surface area contributed by atoms with E-state index in [1.165, 1.54) is 51.6 Å². The average Bonchev–Trinajstić information content (AvgIpc) is 2.76. The Labute approximate surface area is 57.8 Å². The van der Waals surface area contributed by atoms with E-state index in [1.807, 2.05) is 0 Å². The standard InChI is InChI=1S/C6H12.C2H5N/c1-2-4-6-5-3-1;1-2-3-1/h1-6H2;3H,1-2H2. The monoisotopic (exact) mass is 127 g/mol. The van der Waals surface area contributed by atoms with Crippen LogP contribution in [0.4, 0.5) is 0 Å². The van der Waals surface area contributed by atoms with E-state index in [4.69, 9.17) is 0 Å². The number of hydrogen-bond acceptors (Lipinski definition) is 1. The van der Waals surface area contributed by atoms with Crippen LogP contribution in [0.25, 0.3) is 0 Å². The van der Waals surface area contributed by atoms with Crippen LogP contribution in [0.2, 0.25) is 0 Å². The molecule has 1 saturated heterocycles. The predicted molar refractivity (Wildman–Crippen MR) is 40.6 cm³/mol. The van der Waals surface area contributed by atoms with Gasteiger partial charge in [-0.1, -0.05) is 38.5 Å². The van der Waals surface area contributed by atoms with Gasteiger partial charge in [-0.15, -0.1) is 0 Å². The Morgan fingerprint density at radius 1 is 0.556 bits per heavy atom. The van der Waals surface area contributed by atoms with Gasteiger partial charge in [0.15, 0.2) is 0 Å². The number of nitrogens with one attached hydrogen (secondary N) is 1. The normalized spacial score (nSPS) is 24.0. The van der Waals surface area contributed by atoms with Gasteiger partial charge in [0.25, 0.3) is 0 Å². The zero-order valence-corrected chi connectivity index (χ0v) is 6.16. The van der Waals surface area contributed by atoms with Crippen LogP contribution >= 0.6 is 0 Å². The Morgan fingerprint density at radius 2 is 0.778 bits per heavy atom. The lowest BCUT2D eigenvalue weighted by atomic mass is 10.0. The first-order valence-corrected chi connectivity index (χ1v) is 4.21. The fraction of sp³-hybridized carbons (Fsp3) is 1.00. The first kappa shape index (κ1) is 7.07. The molecule has 1 aliphatic heterocycles. The van der Waals surface area contributed by atoms with Crippen LogP contribution in [0.15, 0.2) is 0 Å². The Morgan fingerprint density at radius 3 is 0.889 bits per heavy atom. The lowest BCUT2D eigenvalue weighted by molar-refractivity contribution is 0.504. The molecule has 0 aromatic rings. The molecule has 2 fully saturated rings. The maximum absolute atomic E-state index is 3.00. The molecular weight excluding hydrogens is 110 g/mol. The first-order valence-electron chi connectivity index (χ1n) is 4.21. The van der Waals surface area contributed by atoms with Gasteiger partial charge in [-0.2, -0.15) is 0 Å². The van der Waals surface area contributed by atoms with Gasteiger partial charge in [-0.25, -0.2) is 0 Å². The molecule has 0 aromatic heterocycles. The van der Waals surface area contributed by atoms with Crippen molar-refractivity contribution >= 4 is 0 Å². The third kappa shape index (κ3) is 5.84. The highest BCUT2D eigenvalue weighted by Crippen LogP contribution is 2.15. The summed E-state index contributed by atoms with van der Waals surface area (Å²) in [6.07, 6.45) is 9.00. The van der Waals surface area contributed by atoms with Crippen LogP contribution in [0, 0.1) is 0 Å². The molecule has 0 amide bonds. The van der Waals surface area contributed by atoms with Gasteiger partial charge in [0, 0.05) is 13.1 Å². The van der Waals surface area contributed by atoms with Gasteiger partial charge in [0.1, 0.15) is 0 Å². The Kier molecular flexibility index (Phi) is 3.77. The van der Waals surface area contributed by atoms with Crippen molar-refractivity contribution in [1.29, 1.82) is 0 Å². The van der Waals surface area contributed by atoms with Crippen LogP contribution in [0.3, 0.4) is 0 Å². The SMILES string of the molecule is C1CCCCC1.C1CN1. The molecule has 0 spiro atoms. The molecule has 1 N–H and O–H groups in total. The maximum atomic E-state index is 3.00. The molecule has 1 nitrogen and oxygen atoms in total. The molecule has 1 heteroatoms. The van der Waals surface area contributed by atoms with Crippen molar-refractivity contribution in [2.75, 3.05) is 13.1 Å². The highest BCUT2D eigenvalue weighted by molar-refractivity contribution is 4.58.